The van der Waals surface area contributed by atoms with Gasteiger partial charge in [0.15, 0.2) is 6.10 Å². The first kappa shape index (κ1) is 13.5. The summed E-state index contributed by atoms with van der Waals surface area (Å²) in [6, 6.07) is 12.9. The number of para-hydroxylation sites is 1. The summed E-state index contributed by atoms with van der Waals surface area (Å²) in [5.41, 5.74) is 1.53. The Kier molecular flexibility index (Phi) is 3.52. The highest BCUT2D eigenvalue weighted by Crippen LogP contribution is 2.34. The van der Waals surface area contributed by atoms with E-state index in [1.165, 1.54) is 0 Å². The molecule has 2 aromatic rings. The van der Waals surface area contributed by atoms with Crippen LogP contribution in [0.4, 0.5) is 0 Å². The molecule has 1 atom stereocenters. The van der Waals surface area contributed by atoms with Gasteiger partial charge in [0, 0.05) is 6.42 Å². The van der Waals surface area contributed by atoms with Crippen LogP contribution < -0.4 is 14.2 Å². The topological polar surface area (TPSA) is 44.8 Å². The zero-order valence-corrected chi connectivity index (χ0v) is 12.0. The molecular formula is C17H16O4. The van der Waals surface area contributed by atoms with E-state index in [1.54, 1.807) is 32.4 Å². The van der Waals surface area contributed by atoms with Crippen molar-refractivity contribution in [3.05, 3.63) is 53.6 Å². The Labute approximate surface area is 123 Å². The molecule has 0 N–H and O–H groups in total. The van der Waals surface area contributed by atoms with E-state index in [1.807, 2.05) is 24.3 Å². The summed E-state index contributed by atoms with van der Waals surface area (Å²) in [4.78, 5) is 12.4. The Bertz CT molecular complexity index is 678. The van der Waals surface area contributed by atoms with Crippen molar-refractivity contribution in [2.24, 2.45) is 0 Å². The summed E-state index contributed by atoms with van der Waals surface area (Å²) in [7, 11) is 3.20. The van der Waals surface area contributed by atoms with Crippen molar-refractivity contribution in [3.8, 4) is 17.2 Å². The minimum absolute atomic E-state index is 0.0187. The first-order valence-electron chi connectivity index (χ1n) is 6.73. The number of benzene rings is 2. The number of ketones is 1. The monoisotopic (exact) mass is 284 g/mol. The molecule has 0 bridgehead atoms. The number of Topliss-reactive ketones (excluding diaryl/α,β-unsaturated/α-hetero) is 1. The molecular weight excluding hydrogens is 268 g/mol. The Morgan fingerprint density at radius 3 is 2.67 bits per heavy atom. The first-order valence-corrected chi connectivity index (χ1v) is 6.73. The van der Waals surface area contributed by atoms with Gasteiger partial charge in [-0.25, -0.2) is 0 Å². The second-order valence-electron chi connectivity index (χ2n) is 4.85. The van der Waals surface area contributed by atoms with Crippen LogP contribution >= 0.6 is 0 Å². The lowest BCUT2D eigenvalue weighted by atomic mass is 10.0. The fourth-order valence-electron chi connectivity index (χ4n) is 2.52. The predicted molar refractivity (Wildman–Crippen MR) is 78.4 cm³/mol. The molecule has 0 aliphatic carbocycles. The highest BCUT2D eigenvalue weighted by Gasteiger charge is 2.33. The van der Waals surface area contributed by atoms with Crippen LogP contribution in [-0.2, 0) is 6.42 Å². The van der Waals surface area contributed by atoms with Crippen molar-refractivity contribution in [2.45, 2.75) is 12.5 Å². The molecule has 1 aliphatic rings. The van der Waals surface area contributed by atoms with Crippen molar-refractivity contribution in [3.63, 3.8) is 0 Å². The van der Waals surface area contributed by atoms with Crippen molar-refractivity contribution in [1.29, 1.82) is 0 Å². The first-order chi connectivity index (χ1) is 10.2. The molecule has 4 heteroatoms. The standard InChI is InChI=1S/C17H16O4/c1-19-12-7-8-15-13(10-12)17(18)16(21-15)9-11-5-3-4-6-14(11)20-2/h3-8,10,16H,9H2,1-2H3. The molecule has 3 rings (SSSR count). The minimum Gasteiger partial charge on any atom is -0.497 e. The second-order valence-corrected chi connectivity index (χ2v) is 4.85. The third kappa shape index (κ3) is 2.44. The molecule has 4 nitrogen and oxygen atoms in total. The van der Waals surface area contributed by atoms with Gasteiger partial charge in [0.1, 0.15) is 17.2 Å². The van der Waals surface area contributed by atoms with Crippen LogP contribution in [0.3, 0.4) is 0 Å². The normalized spacial score (nSPS) is 16.3. The SMILES string of the molecule is COc1ccc2c(c1)C(=O)C(Cc1ccccc1OC)O2. The van der Waals surface area contributed by atoms with Gasteiger partial charge in [-0.2, -0.15) is 0 Å². The average molecular weight is 284 g/mol. The van der Waals surface area contributed by atoms with Crippen LogP contribution in [0.5, 0.6) is 17.2 Å². The molecule has 1 aliphatic heterocycles. The number of methoxy groups -OCH3 is 2. The van der Waals surface area contributed by atoms with Gasteiger partial charge in [0.2, 0.25) is 5.78 Å². The number of carbonyl (C=O) groups is 1. The van der Waals surface area contributed by atoms with Crippen LogP contribution in [0.2, 0.25) is 0 Å². The van der Waals surface area contributed by atoms with Crippen LogP contribution in [0.15, 0.2) is 42.5 Å². The maximum atomic E-state index is 12.4. The molecule has 1 unspecified atom stereocenters. The van der Waals surface area contributed by atoms with Crippen molar-refractivity contribution in [2.75, 3.05) is 14.2 Å². The summed E-state index contributed by atoms with van der Waals surface area (Å²) in [5, 5.41) is 0. The van der Waals surface area contributed by atoms with Gasteiger partial charge in [0.25, 0.3) is 0 Å². The molecule has 1 heterocycles. The molecule has 108 valence electrons. The lowest BCUT2D eigenvalue weighted by Crippen LogP contribution is -2.23. The van der Waals surface area contributed by atoms with Gasteiger partial charge in [-0.15, -0.1) is 0 Å². The molecule has 2 aromatic carbocycles. The number of hydrogen-bond donors (Lipinski definition) is 0. The Balaban J connectivity index is 1.85. The molecule has 0 saturated carbocycles. The molecule has 0 fully saturated rings. The van der Waals surface area contributed by atoms with E-state index in [2.05, 4.69) is 0 Å². The maximum Gasteiger partial charge on any atom is 0.207 e. The lowest BCUT2D eigenvalue weighted by Gasteiger charge is -2.12. The van der Waals surface area contributed by atoms with Gasteiger partial charge in [-0.3, -0.25) is 4.79 Å². The van der Waals surface area contributed by atoms with E-state index >= 15 is 0 Å². The summed E-state index contributed by atoms with van der Waals surface area (Å²) in [6.45, 7) is 0. The summed E-state index contributed by atoms with van der Waals surface area (Å²) in [5.74, 6) is 2.02. The van der Waals surface area contributed by atoms with Gasteiger partial charge >= 0.3 is 0 Å². The lowest BCUT2D eigenvalue weighted by molar-refractivity contribution is 0.0857. The van der Waals surface area contributed by atoms with Crippen LogP contribution in [0, 0.1) is 0 Å². The highest BCUT2D eigenvalue weighted by atomic mass is 16.5. The van der Waals surface area contributed by atoms with Gasteiger partial charge in [0.05, 0.1) is 19.8 Å². The van der Waals surface area contributed by atoms with E-state index in [0.29, 0.717) is 23.5 Å². The highest BCUT2D eigenvalue weighted by molar-refractivity contribution is 6.05. The largest absolute Gasteiger partial charge is 0.497 e. The van der Waals surface area contributed by atoms with Gasteiger partial charge in [-0.1, -0.05) is 18.2 Å². The average Bonchev–Trinajstić information content (AvgIpc) is 2.83. The van der Waals surface area contributed by atoms with E-state index in [0.717, 1.165) is 11.3 Å². The summed E-state index contributed by atoms with van der Waals surface area (Å²) in [6.07, 6.45) is -0.0248. The zero-order valence-electron chi connectivity index (χ0n) is 12.0. The number of fused-ring (bicyclic) bond motifs is 1. The third-order valence-corrected chi connectivity index (χ3v) is 3.61. The van der Waals surface area contributed by atoms with Crippen LogP contribution in [-0.4, -0.2) is 26.1 Å². The Morgan fingerprint density at radius 2 is 1.90 bits per heavy atom. The fraction of sp³-hybridized carbons (Fsp3) is 0.235. The van der Waals surface area contributed by atoms with Crippen LogP contribution in [0.1, 0.15) is 15.9 Å². The quantitative estimate of drug-likeness (QED) is 0.866. The Hall–Kier alpha value is -2.49. The van der Waals surface area contributed by atoms with Gasteiger partial charge < -0.3 is 14.2 Å². The molecule has 0 aromatic heterocycles. The van der Waals surface area contributed by atoms with E-state index in [9.17, 15) is 4.79 Å². The van der Waals surface area contributed by atoms with E-state index in [-0.39, 0.29) is 5.78 Å². The number of ether oxygens (including phenoxy) is 3. The summed E-state index contributed by atoms with van der Waals surface area (Å²) >= 11 is 0. The van der Waals surface area contributed by atoms with Crippen molar-refractivity contribution >= 4 is 5.78 Å². The smallest absolute Gasteiger partial charge is 0.207 e. The molecule has 21 heavy (non-hydrogen) atoms. The predicted octanol–water partition coefficient (Wildman–Crippen LogP) is 2.89. The number of rotatable bonds is 4. The Morgan fingerprint density at radius 1 is 1.10 bits per heavy atom. The third-order valence-electron chi connectivity index (χ3n) is 3.61. The molecule has 0 spiro atoms. The maximum absolute atomic E-state index is 12.4. The second kappa shape index (κ2) is 5.48. The fourth-order valence-corrected chi connectivity index (χ4v) is 2.52. The van der Waals surface area contributed by atoms with Crippen LogP contribution in [0.25, 0.3) is 0 Å². The van der Waals surface area contributed by atoms with E-state index < -0.39 is 6.10 Å². The molecule has 0 saturated heterocycles. The number of hydrogen-bond acceptors (Lipinski definition) is 4. The molecule has 0 amide bonds. The summed E-state index contributed by atoms with van der Waals surface area (Å²) < 4.78 is 16.2. The number of carbonyl (C=O) groups excluding carboxylic acids is 1. The van der Waals surface area contributed by atoms with E-state index in [4.69, 9.17) is 14.2 Å². The van der Waals surface area contributed by atoms with Crippen molar-refractivity contribution < 1.29 is 19.0 Å². The minimum atomic E-state index is -0.511. The van der Waals surface area contributed by atoms with Gasteiger partial charge in [-0.05, 0) is 29.8 Å². The van der Waals surface area contributed by atoms with Crippen molar-refractivity contribution in [1.82, 2.24) is 0 Å². The zero-order chi connectivity index (χ0) is 14.8. The molecule has 0 radical (unpaired) electrons.